The summed E-state index contributed by atoms with van der Waals surface area (Å²) in [5.74, 6) is 0.565. The van der Waals surface area contributed by atoms with Gasteiger partial charge in [0.05, 0.1) is 5.25 Å². The van der Waals surface area contributed by atoms with Crippen molar-refractivity contribution >= 4 is 28.2 Å². The lowest BCUT2D eigenvalue weighted by Gasteiger charge is -2.01. The zero-order valence-corrected chi connectivity index (χ0v) is 15.7. The molecule has 0 aliphatic rings. The Morgan fingerprint density at radius 2 is 2.20 bits per heavy atom. The molecule has 25 heavy (non-hydrogen) atoms. The third-order valence-electron chi connectivity index (χ3n) is 3.43. The van der Waals surface area contributed by atoms with Gasteiger partial charge in [0.1, 0.15) is 5.82 Å². The van der Waals surface area contributed by atoms with E-state index in [4.69, 9.17) is 4.52 Å². The molecular formula is C16H18FN5OS2. The van der Waals surface area contributed by atoms with E-state index in [0.29, 0.717) is 22.8 Å². The highest BCUT2D eigenvalue weighted by Crippen LogP contribution is 2.37. The number of aryl methyl sites for hydroxylation is 1. The highest BCUT2D eigenvalue weighted by atomic mass is 32.2. The molecule has 2 aromatic heterocycles. The van der Waals surface area contributed by atoms with Crippen LogP contribution in [0.5, 0.6) is 0 Å². The number of nitrogens with one attached hydrogen (secondary N) is 1. The molecule has 0 bridgehead atoms. The van der Waals surface area contributed by atoms with E-state index in [2.05, 4.69) is 32.6 Å². The van der Waals surface area contributed by atoms with Gasteiger partial charge < -0.3 is 9.84 Å². The number of rotatable bonds is 7. The maximum atomic E-state index is 13.7. The van der Waals surface area contributed by atoms with Crippen LogP contribution in [0.15, 0.2) is 27.1 Å². The minimum Gasteiger partial charge on any atom is -0.360 e. The third-order valence-corrected chi connectivity index (χ3v) is 5.48. The molecule has 1 unspecified atom stereocenters. The van der Waals surface area contributed by atoms with Crippen molar-refractivity contribution in [2.24, 2.45) is 0 Å². The number of nitrogens with zero attached hydrogens (tertiary/aromatic N) is 4. The van der Waals surface area contributed by atoms with Gasteiger partial charge in [0, 0.05) is 12.1 Å². The fourth-order valence-corrected chi connectivity index (χ4v) is 3.96. The van der Waals surface area contributed by atoms with Crippen molar-refractivity contribution in [3.8, 4) is 11.4 Å². The molecule has 0 radical (unpaired) electrons. The average Bonchev–Trinajstić information content (AvgIpc) is 3.25. The highest BCUT2D eigenvalue weighted by Gasteiger charge is 2.19. The summed E-state index contributed by atoms with van der Waals surface area (Å²) in [6.45, 7) is 6.64. The lowest BCUT2D eigenvalue weighted by Crippen LogP contribution is -1.98. The SMILES string of the molecule is CCCNc1nnc(SC(C)c2nc(-c3ccc(C)c(F)c3)no2)s1. The minimum absolute atomic E-state index is 0.0801. The van der Waals surface area contributed by atoms with Crippen LogP contribution in [-0.4, -0.2) is 26.9 Å². The second-order valence-electron chi connectivity index (χ2n) is 5.48. The van der Waals surface area contributed by atoms with Crippen LogP contribution in [0.2, 0.25) is 0 Å². The van der Waals surface area contributed by atoms with Crippen LogP contribution in [0.3, 0.4) is 0 Å². The summed E-state index contributed by atoms with van der Waals surface area (Å²) in [6, 6.07) is 4.89. The topological polar surface area (TPSA) is 76.7 Å². The van der Waals surface area contributed by atoms with Crippen molar-refractivity contribution in [1.29, 1.82) is 0 Å². The van der Waals surface area contributed by atoms with E-state index in [0.717, 1.165) is 22.4 Å². The van der Waals surface area contributed by atoms with Crippen molar-refractivity contribution in [2.45, 2.75) is 36.8 Å². The van der Waals surface area contributed by atoms with Gasteiger partial charge in [-0.3, -0.25) is 0 Å². The lowest BCUT2D eigenvalue weighted by molar-refractivity contribution is 0.381. The molecule has 2 heterocycles. The highest BCUT2D eigenvalue weighted by molar-refractivity contribution is 8.01. The van der Waals surface area contributed by atoms with E-state index in [1.165, 1.54) is 29.2 Å². The summed E-state index contributed by atoms with van der Waals surface area (Å²) in [6.07, 6.45) is 1.03. The number of halogens is 1. The van der Waals surface area contributed by atoms with Crippen LogP contribution in [0.25, 0.3) is 11.4 Å². The van der Waals surface area contributed by atoms with E-state index in [-0.39, 0.29) is 11.1 Å². The predicted octanol–water partition coefficient (Wildman–Crippen LogP) is 4.71. The Kier molecular flexibility index (Phi) is 5.64. The minimum atomic E-state index is -0.285. The van der Waals surface area contributed by atoms with E-state index in [1.807, 2.05) is 6.92 Å². The second-order valence-corrected chi connectivity index (χ2v) is 8.05. The van der Waals surface area contributed by atoms with Crippen LogP contribution < -0.4 is 5.32 Å². The predicted molar refractivity (Wildman–Crippen MR) is 97.4 cm³/mol. The molecule has 6 nitrogen and oxygen atoms in total. The molecular weight excluding hydrogens is 361 g/mol. The monoisotopic (exact) mass is 379 g/mol. The average molecular weight is 379 g/mol. The molecule has 0 fully saturated rings. The zero-order chi connectivity index (χ0) is 17.8. The number of hydrogen-bond donors (Lipinski definition) is 1. The van der Waals surface area contributed by atoms with Gasteiger partial charge in [-0.15, -0.1) is 10.2 Å². The Bertz CT molecular complexity index is 851. The summed E-state index contributed by atoms with van der Waals surface area (Å²) >= 11 is 2.99. The summed E-state index contributed by atoms with van der Waals surface area (Å²) in [5.41, 5.74) is 1.18. The molecule has 9 heteroatoms. The van der Waals surface area contributed by atoms with E-state index in [9.17, 15) is 4.39 Å². The molecule has 1 atom stereocenters. The Balaban J connectivity index is 1.68. The van der Waals surface area contributed by atoms with Crippen molar-refractivity contribution in [2.75, 3.05) is 11.9 Å². The summed E-state index contributed by atoms with van der Waals surface area (Å²) in [4.78, 5) is 4.38. The first-order valence-electron chi connectivity index (χ1n) is 7.91. The van der Waals surface area contributed by atoms with E-state index >= 15 is 0 Å². The quantitative estimate of drug-likeness (QED) is 0.596. The Hall–Kier alpha value is -2.00. The van der Waals surface area contributed by atoms with E-state index in [1.54, 1.807) is 19.1 Å². The van der Waals surface area contributed by atoms with Crippen LogP contribution in [-0.2, 0) is 0 Å². The van der Waals surface area contributed by atoms with E-state index < -0.39 is 0 Å². The van der Waals surface area contributed by atoms with Crippen molar-refractivity contribution < 1.29 is 8.91 Å². The smallest absolute Gasteiger partial charge is 0.240 e. The lowest BCUT2D eigenvalue weighted by atomic mass is 10.1. The molecule has 3 rings (SSSR count). The summed E-state index contributed by atoms with van der Waals surface area (Å²) < 4.78 is 19.9. The Morgan fingerprint density at radius 3 is 2.96 bits per heavy atom. The molecule has 0 aliphatic heterocycles. The van der Waals surface area contributed by atoms with Gasteiger partial charge >= 0.3 is 0 Å². The first kappa shape index (κ1) is 17.8. The molecule has 1 aromatic carbocycles. The zero-order valence-electron chi connectivity index (χ0n) is 14.1. The van der Waals surface area contributed by atoms with Gasteiger partial charge in [-0.2, -0.15) is 4.98 Å². The van der Waals surface area contributed by atoms with Gasteiger partial charge in [0.15, 0.2) is 4.34 Å². The second kappa shape index (κ2) is 7.92. The number of hydrogen-bond acceptors (Lipinski definition) is 8. The largest absolute Gasteiger partial charge is 0.360 e. The standard InChI is InChI=1S/C16H18FN5OS2/c1-4-7-18-15-20-21-16(25-15)24-10(3)14-19-13(22-23-14)11-6-5-9(2)12(17)8-11/h5-6,8,10H,4,7H2,1-3H3,(H,18,20). The summed E-state index contributed by atoms with van der Waals surface area (Å²) in [7, 11) is 0. The van der Waals surface area contributed by atoms with Gasteiger partial charge in [-0.05, 0) is 31.9 Å². The molecule has 0 saturated carbocycles. The fraction of sp³-hybridized carbons (Fsp3) is 0.375. The number of thioether (sulfide) groups is 1. The normalized spacial score (nSPS) is 12.3. The summed E-state index contributed by atoms with van der Waals surface area (Å²) in [5, 5.41) is 16.1. The molecule has 1 N–H and O–H groups in total. The van der Waals surface area contributed by atoms with Crippen LogP contribution >= 0.6 is 23.1 Å². The molecule has 0 aliphatic carbocycles. The van der Waals surface area contributed by atoms with Crippen molar-refractivity contribution in [3.05, 3.63) is 35.5 Å². The number of benzene rings is 1. The molecule has 132 valence electrons. The number of anilines is 1. The van der Waals surface area contributed by atoms with Crippen LogP contribution in [0.1, 0.15) is 37.0 Å². The van der Waals surface area contributed by atoms with Crippen LogP contribution in [0.4, 0.5) is 9.52 Å². The maximum Gasteiger partial charge on any atom is 0.240 e. The van der Waals surface area contributed by atoms with Crippen molar-refractivity contribution in [1.82, 2.24) is 20.3 Å². The van der Waals surface area contributed by atoms with Gasteiger partial charge in [0.2, 0.25) is 16.8 Å². The Labute approximate surface area is 153 Å². The first-order chi connectivity index (χ1) is 12.1. The molecule has 0 spiro atoms. The molecule has 3 aromatic rings. The van der Waals surface area contributed by atoms with Gasteiger partial charge in [-0.1, -0.05) is 47.3 Å². The Morgan fingerprint density at radius 1 is 1.36 bits per heavy atom. The van der Waals surface area contributed by atoms with Crippen LogP contribution in [0, 0.1) is 12.7 Å². The molecule has 0 amide bonds. The van der Waals surface area contributed by atoms with Gasteiger partial charge in [-0.25, -0.2) is 4.39 Å². The third kappa shape index (κ3) is 4.35. The van der Waals surface area contributed by atoms with Crippen molar-refractivity contribution in [3.63, 3.8) is 0 Å². The fourth-order valence-electron chi connectivity index (χ4n) is 2.01. The van der Waals surface area contributed by atoms with Gasteiger partial charge in [0.25, 0.3) is 0 Å². The molecule has 0 saturated heterocycles. The number of aromatic nitrogens is 4. The maximum absolute atomic E-state index is 13.7. The first-order valence-corrected chi connectivity index (χ1v) is 9.60.